The van der Waals surface area contributed by atoms with E-state index in [9.17, 15) is 9.59 Å². The molecule has 5 heteroatoms. The Morgan fingerprint density at radius 2 is 1.96 bits per heavy atom. The van der Waals surface area contributed by atoms with Gasteiger partial charge in [-0.1, -0.05) is 26.0 Å². The lowest BCUT2D eigenvalue weighted by Crippen LogP contribution is -2.25. The molecule has 130 valence electrons. The maximum Gasteiger partial charge on any atom is 0.262 e. The summed E-state index contributed by atoms with van der Waals surface area (Å²) in [6.07, 6.45) is 3.17. The Morgan fingerprint density at radius 1 is 1.20 bits per heavy atom. The maximum absolute atomic E-state index is 12.9. The zero-order chi connectivity index (χ0) is 18.1. The third-order valence-corrected chi connectivity index (χ3v) is 5.85. The van der Waals surface area contributed by atoms with Gasteiger partial charge in [0.15, 0.2) is 5.78 Å². The van der Waals surface area contributed by atoms with Gasteiger partial charge >= 0.3 is 0 Å². The molecule has 0 bridgehead atoms. The van der Waals surface area contributed by atoms with Crippen LogP contribution >= 0.6 is 11.3 Å². The first-order chi connectivity index (χ1) is 12.0. The molecule has 3 aromatic rings. The van der Waals surface area contributed by atoms with Crippen molar-refractivity contribution in [3.8, 4) is 0 Å². The largest absolute Gasteiger partial charge is 0.292 e. The average Bonchev–Trinajstić information content (AvgIpc) is 2.91. The van der Waals surface area contributed by atoms with Crippen molar-refractivity contribution in [2.24, 2.45) is 0 Å². The number of carbonyl (C=O) groups is 1. The first-order valence-electron chi connectivity index (χ1n) is 8.56. The standard InChI is InChI=1S/C20H22N2O2S/c1-5-14-7-8-15(6-2)16(9-14)17(23)10-22-11-21-19-18(20(22)24)12(3)13(4)25-19/h7-9,11H,5-6,10H2,1-4H3. The molecule has 0 fully saturated rings. The van der Waals surface area contributed by atoms with Crippen LogP contribution in [0.2, 0.25) is 0 Å². The molecule has 0 aliphatic rings. The molecule has 0 spiro atoms. The molecule has 0 unspecified atom stereocenters. The van der Waals surface area contributed by atoms with Crippen LogP contribution in [0.25, 0.3) is 10.2 Å². The average molecular weight is 354 g/mol. The Kier molecular flexibility index (Phi) is 4.86. The van der Waals surface area contributed by atoms with Crippen molar-refractivity contribution in [1.29, 1.82) is 0 Å². The molecule has 2 heterocycles. The lowest BCUT2D eigenvalue weighted by atomic mass is 9.97. The number of benzene rings is 1. The monoisotopic (exact) mass is 354 g/mol. The zero-order valence-electron chi connectivity index (χ0n) is 15.0. The van der Waals surface area contributed by atoms with Crippen LogP contribution in [0.3, 0.4) is 0 Å². The van der Waals surface area contributed by atoms with Gasteiger partial charge in [-0.15, -0.1) is 11.3 Å². The second-order valence-corrected chi connectivity index (χ2v) is 7.47. The minimum absolute atomic E-state index is 0.0241. The molecule has 3 rings (SSSR count). The topological polar surface area (TPSA) is 52.0 Å². The van der Waals surface area contributed by atoms with Gasteiger partial charge in [0, 0.05) is 10.4 Å². The molecule has 2 aromatic heterocycles. The summed E-state index contributed by atoms with van der Waals surface area (Å²) in [7, 11) is 0. The van der Waals surface area contributed by atoms with Crippen molar-refractivity contribution in [3.05, 3.63) is 62.0 Å². The summed E-state index contributed by atoms with van der Waals surface area (Å²) < 4.78 is 1.43. The van der Waals surface area contributed by atoms with Gasteiger partial charge in [-0.2, -0.15) is 0 Å². The smallest absolute Gasteiger partial charge is 0.262 e. The molecule has 0 radical (unpaired) electrons. The molecule has 0 saturated heterocycles. The van der Waals surface area contributed by atoms with E-state index in [-0.39, 0.29) is 17.9 Å². The molecule has 0 atom stereocenters. The molecular weight excluding hydrogens is 332 g/mol. The minimum atomic E-state index is -0.134. The van der Waals surface area contributed by atoms with Crippen LogP contribution in [0.5, 0.6) is 0 Å². The molecular formula is C20H22N2O2S. The van der Waals surface area contributed by atoms with E-state index < -0.39 is 0 Å². The third kappa shape index (κ3) is 3.16. The molecule has 0 amide bonds. The van der Waals surface area contributed by atoms with Gasteiger partial charge in [-0.25, -0.2) is 4.98 Å². The number of nitrogens with zero attached hydrogens (tertiary/aromatic N) is 2. The fourth-order valence-corrected chi connectivity index (χ4v) is 4.02. The quantitative estimate of drug-likeness (QED) is 0.649. The molecule has 0 saturated carbocycles. The number of hydrogen-bond acceptors (Lipinski definition) is 4. The van der Waals surface area contributed by atoms with E-state index in [0.717, 1.165) is 39.2 Å². The van der Waals surface area contributed by atoms with Gasteiger partial charge in [0.2, 0.25) is 0 Å². The number of ketones is 1. The van der Waals surface area contributed by atoms with Gasteiger partial charge in [-0.3, -0.25) is 14.2 Å². The Morgan fingerprint density at radius 3 is 2.64 bits per heavy atom. The Bertz CT molecular complexity index is 1010. The molecule has 25 heavy (non-hydrogen) atoms. The number of thiophene rings is 1. The summed E-state index contributed by atoms with van der Waals surface area (Å²) in [4.78, 5) is 31.8. The van der Waals surface area contributed by atoms with Crippen molar-refractivity contribution in [1.82, 2.24) is 9.55 Å². The SMILES string of the molecule is CCc1ccc(CC)c(C(=O)Cn2cnc3sc(C)c(C)c3c2=O)c1. The van der Waals surface area contributed by atoms with Crippen molar-refractivity contribution in [3.63, 3.8) is 0 Å². The van der Waals surface area contributed by atoms with Crippen LogP contribution in [0, 0.1) is 13.8 Å². The summed E-state index contributed by atoms with van der Waals surface area (Å²) in [6.45, 7) is 8.05. The van der Waals surface area contributed by atoms with Crippen molar-refractivity contribution < 1.29 is 4.79 Å². The van der Waals surface area contributed by atoms with Crippen LogP contribution in [-0.4, -0.2) is 15.3 Å². The Balaban J connectivity index is 2.02. The number of fused-ring (bicyclic) bond motifs is 1. The summed E-state index contributed by atoms with van der Waals surface area (Å²) in [5.41, 5.74) is 3.69. The van der Waals surface area contributed by atoms with Gasteiger partial charge in [0.1, 0.15) is 4.83 Å². The van der Waals surface area contributed by atoms with Crippen molar-refractivity contribution in [2.75, 3.05) is 0 Å². The zero-order valence-corrected chi connectivity index (χ0v) is 15.9. The van der Waals surface area contributed by atoms with Crippen LogP contribution in [0.4, 0.5) is 0 Å². The molecule has 4 nitrogen and oxygen atoms in total. The van der Waals surface area contributed by atoms with Crippen LogP contribution in [0.15, 0.2) is 29.3 Å². The second-order valence-electron chi connectivity index (χ2n) is 6.26. The third-order valence-electron chi connectivity index (χ3n) is 4.73. The number of carbonyl (C=O) groups excluding carboxylic acids is 1. The highest BCUT2D eigenvalue weighted by molar-refractivity contribution is 7.18. The van der Waals surface area contributed by atoms with Gasteiger partial charge in [0.05, 0.1) is 18.3 Å². The normalized spacial score (nSPS) is 11.2. The van der Waals surface area contributed by atoms with Gasteiger partial charge in [0.25, 0.3) is 5.56 Å². The van der Waals surface area contributed by atoms with Crippen LogP contribution < -0.4 is 5.56 Å². The number of aromatic nitrogens is 2. The van der Waals surface area contributed by atoms with Crippen LogP contribution in [0.1, 0.15) is 45.8 Å². The predicted molar refractivity (Wildman–Crippen MR) is 103 cm³/mol. The lowest BCUT2D eigenvalue weighted by molar-refractivity contribution is 0.0969. The first kappa shape index (κ1) is 17.5. The van der Waals surface area contributed by atoms with Gasteiger partial charge < -0.3 is 0 Å². The fourth-order valence-electron chi connectivity index (χ4n) is 3.03. The number of hydrogen-bond donors (Lipinski definition) is 0. The van der Waals surface area contributed by atoms with E-state index in [2.05, 4.69) is 18.0 Å². The maximum atomic E-state index is 12.9. The fraction of sp³-hybridized carbons (Fsp3) is 0.350. The summed E-state index contributed by atoms with van der Waals surface area (Å²) in [5.74, 6) is -0.0417. The molecule has 0 N–H and O–H groups in total. The molecule has 0 aliphatic heterocycles. The molecule has 0 aliphatic carbocycles. The highest BCUT2D eigenvalue weighted by atomic mass is 32.1. The number of aryl methyl sites for hydroxylation is 4. The summed E-state index contributed by atoms with van der Waals surface area (Å²) in [6, 6.07) is 6.04. The van der Waals surface area contributed by atoms with E-state index in [1.807, 2.05) is 32.9 Å². The minimum Gasteiger partial charge on any atom is -0.292 e. The van der Waals surface area contributed by atoms with Crippen molar-refractivity contribution >= 4 is 27.3 Å². The number of Topliss-reactive ketones (excluding diaryl/α,β-unsaturated/α-hetero) is 1. The lowest BCUT2D eigenvalue weighted by Gasteiger charge is -2.10. The van der Waals surface area contributed by atoms with Crippen LogP contribution in [-0.2, 0) is 19.4 Å². The van der Waals surface area contributed by atoms with E-state index in [0.29, 0.717) is 10.9 Å². The van der Waals surface area contributed by atoms with E-state index >= 15 is 0 Å². The highest BCUT2D eigenvalue weighted by Gasteiger charge is 2.16. The van der Waals surface area contributed by atoms with E-state index in [1.165, 1.54) is 22.2 Å². The Labute approximate surface area is 151 Å². The predicted octanol–water partition coefficient (Wildman–Crippen LogP) is 4.08. The summed E-state index contributed by atoms with van der Waals surface area (Å²) in [5, 5.41) is 0.635. The number of rotatable bonds is 5. The highest BCUT2D eigenvalue weighted by Crippen LogP contribution is 2.25. The van der Waals surface area contributed by atoms with Gasteiger partial charge in [-0.05, 0) is 49.4 Å². The van der Waals surface area contributed by atoms with E-state index in [1.54, 1.807) is 0 Å². The van der Waals surface area contributed by atoms with E-state index in [4.69, 9.17) is 0 Å². The Hall–Kier alpha value is -2.27. The summed E-state index contributed by atoms with van der Waals surface area (Å²) >= 11 is 1.52. The molecule has 1 aromatic carbocycles. The van der Waals surface area contributed by atoms with Crippen molar-refractivity contribution in [2.45, 2.75) is 47.1 Å². The first-order valence-corrected chi connectivity index (χ1v) is 9.38. The second kappa shape index (κ2) is 6.92.